The van der Waals surface area contributed by atoms with Gasteiger partial charge in [-0.05, 0) is 25.8 Å². The third kappa shape index (κ3) is 1.48. The van der Waals surface area contributed by atoms with Crippen molar-refractivity contribution in [1.29, 1.82) is 0 Å². The molecule has 0 radical (unpaired) electrons. The fraction of sp³-hybridized carbons (Fsp3) is 1.00. The summed E-state index contributed by atoms with van der Waals surface area (Å²) in [6.45, 7) is 2.80. The molecule has 3 heteroatoms. The van der Waals surface area contributed by atoms with Gasteiger partial charge in [-0.2, -0.15) is 0 Å². The van der Waals surface area contributed by atoms with Gasteiger partial charge in [-0.1, -0.05) is 0 Å². The van der Waals surface area contributed by atoms with Crippen LogP contribution in [0.25, 0.3) is 0 Å². The molecule has 0 spiro atoms. The molecule has 2 aliphatic heterocycles. The van der Waals surface area contributed by atoms with E-state index in [-0.39, 0.29) is 5.92 Å². The van der Waals surface area contributed by atoms with Crippen molar-refractivity contribution in [3.63, 3.8) is 0 Å². The summed E-state index contributed by atoms with van der Waals surface area (Å²) in [6, 6.07) is 0. The molecule has 2 fully saturated rings. The van der Waals surface area contributed by atoms with Gasteiger partial charge in [-0.25, -0.2) is 4.39 Å². The molecule has 2 aliphatic rings. The maximum Gasteiger partial charge on any atom is 0.129 e. The maximum absolute atomic E-state index is 14.1. The molecule has 2 heterocycles. The Balaban J connectivity index is 1.96. The average Bonchev–Trinajstić information content (AvgIpc) is 2.55. The summed E-state index contributed by atoms with van der Waals surface area (Å²) in [7, 11) is 0. The second-order valence-corrected chi connectivity index (χ2v) is 3.88. The first-order valence-electron chi connectivity index (χ1n) is 4.79. The summed E-state index contributed by atoms with van der Waals surface area (Å²) < 4.78 is 19.3. The fourth-order valence-corrected chi connectivity index (χ4v) is 2.18. The average molecular weight is 173 g/mol. The summed E-state index contributed by atoms with van der Waals surface area (Å²) >= 11 is 0. The van der Waals surface area contributed by atoms with Gasteiger partial charge in [0.25, 0.3) is 0 Å². The lowest BCUT2D eigenvalue weighted by molar-refractivity contribution is -0.0198. The van der Waals surface area contributed by atoms with Crippen LogP contribution in [0.4, 0.5) is 4.39 Å². The zero-order valence-electron chi connectivity index (χ0n) is 7.31. The van der Waals surface area contributed by atoms with Gasteiger partial charge in [-0.15, -0.1) is 0 Å². The molecule has 0 aromatic rings. The molecule has 2 atom stereocenters. The zero-order valence-corrected chi connectivity index (χ0v) is 7.31. The summed E-state index contributed by atoms with van der Waals surface area (Å²) in [4.78, 5) is 0. The third-order valence-corrected chi connectivity index (χ3v) is 3.03. The molecule has 2 rings (SSSR count). The largest absolute Gasteiger partial charge is 0.381 e. The highest BCUT2D eigenvalue weighted by Gasteiger charge is 2.42. The summed E-state index contributed by atoms with van der Waals surface area (Å²) in [5.74, 6) is 0.140. The van der Waals surface area contributed by atoms with E-state index in [1.807, 2.05) is 0 Å². The highest BCUT2D eigenvalue weighted by atomic mass is 19.1. The number of hydrogen-bond acceptors (Lipinski definition) is 2. The quantitative estimate of drug-likeness (QED) is 0.641. The number of rotatable bonds is 1. The molecule has 0 saturated carbocycles. The normalized spacial score (nSPS) is 43.2. The van der Waals surface area contributed by atoms with Gasteiger partial charge in [0.1, 0.15) is 5.67 Å². The second-order valence-electron chi connectivity index (χ2n) is 3.88. The fourth-order valence-electron chi connectivity index (χ4n) is 2.18. The topological polar surface area (TPSA) is 21.3 Å². The third-order valence-electron chi connectivity index (χ3n) is 3.03. The van der Waals surface area contributed by atoms with E-state index in [0.29, 0.717) is 19.6 Å². The van der Waals surface area contributed by atoms with Crippen molar-refractivity contribution in [2.75, 3.05) is 26.3 Å². The van der Waals surface area contributed by atoms with E-state index in [0.717, 1.165) is 26.0 Å². The van der Waals surface area contributed by atoms with Gasteiger partial charge in [0, 0.05) is 19.1 Å². The maximum atomic E-state index is 14.1. The Labute approximate surface area is 72.5 Å². The summed E-state index contributed by atoms with van der Waals surface area (Å²) in [5, 5.41) is 3.08. The van der Waals surface area contributed by atoms with E-state index in [9.17, 15) is 4.39 Å². The van der Waals surface area contributed by atoms with Gasteiger partial charge in [-0.3, -0.25) is 0 Å². The van der Waals surface area contributed by atoms with Gasteiger partial charge >= 0.3 is 0 Å². The molecule has 0 aliphatic carbocycles. The van der Waals surface area contributed by atoms with Crippen LogP contribution in [0.2, 0.25) is 0 Å². The van der Waals surface area contributed by atoms with E-state index in [4.69, 9.17) is 4.74 Å². The number of nitrogens with one attached hydrogen (secondary N) is 1. The van der Waals surface area contributed by atoms with Crippen molar-refractivity contribution in [2.24, 2.45) is 5.92 Å². The highest BCUT2D eigenvalue weighted by molar-refractivity contribution is 4.94. The van der Waals surface area contributed by atoms with E-state index in [2.05, 4.69) is 5.32 Å². The molecule has 12 heavy (non-hydrogen) atoms. The molecule has 0 amide bonds. The molecule has 2 saturated heterocycles. The Morgan fingerprint density at radius 1 is 1.50 bits per heavy atom. The Morgan fingerprint density at radius 3 is 3.00 bits per heavy atom. The van der Waals surface area contributed by atoms with Crippen LogP contribution in [-0.2, 0) is 4.74 Å². The van der Waals surface area contributed by atoms with Gasteiger partial charge in [0.05, 0.1) is 6.61 Å². The first kappa shape index (κ1) is 8.45. The van der Waals surface area contributed by atoms with Gasteiger partial charge in [0.2, 0.25) is 0 Å². The van der Waals surface area contributed by atoms with Crippen LogP contribution in [0.15, 0.2) is 0 Å². The minimum atomic E-state index is -0.972. The molecule has 0 aromatic heterocycles. The van der Waals surface area contributed by atoms with E-state index in [1.54, 1.807) is 0 Å². The lowest BCUT2D eigenvalue weighted by Gasteiger charge is -2.32. The Morgan fingerprint density at radius 2 is 2.42 bits per heavy atom. The van der Waals surface area contributed by atoms with Gasteiger partial charge < -0.3 is 10.1 Å². The number of halogens is 1. The van der Waals surface area contributed by atoms with E-state index < -0.39 is 5.67 Å². The van der Waals surface area contributed by atoms with E-state index >= 15 is 0 Å². The molecule has 0 aromatic carbocycles. The number of ether oxygens (including phenoxy) is 1. The van der Waals surface area contributed by atoms with Crippen LogP contribution in [0.5, 0.6) is 0 Å². The van der Waals surface area contributed by atoms with E-state index in [1.165, 1.54) is 0 Å². The smallest absolute Gasteiger partial charge is 0.129 e. The first-order valence-corrected chi connectivity index (χ1v) is 4.79. The Kier molecular flexibility index (Phi) is 2.33. The molecule has 2 nitrogen and oxygen atoms in total. The minimum Gasteiger partial charge on any atom is -0.381 e. The second kappa shape index (κ2) is 3.30. The zero-order chi connectivity index (χ0) is 8.44. The first-order chi connectivity index (χ1) is 5.81. The molecular formula is C9H16FNO. The van der Waals surface area contributed by atoms with Crippen LogP contribution >= 0.6 is 0 Å². The van der Waals surface area contributed by atoms with Crippen molar-refractivity contribution < 1.29 is 9.13 Å². The van der Waals surface area contributed by atoms with Crippen molar-refractivity contribution >= 4 is 0 Å². The minimum absolute atomic E-state index is 0.140. The molecule has 0 bridgehead atoms. The van der Waals surface area contributed by atoms with Crippen molar-refractivity contribution in [3.05, 3.63) is 0 Å². The molecule has 70 valence electrons. The SMILES string of the molecule is FC1(C2CCCOC2)CCNC1. The van der Waals surface area contributed by atoms with Crippen molar-refractivity contribution in [2.45, 2.75) is 24.9 Å². The standard InChI is InChI=1S/C9H16FNO/c10-9(3-4-11-7-9)8-2-1-5-12-6-8/h8,11H,1-7H2. The summed E-state index contributed by atoms with van der Waals surface area (Å²) in [6.07, 6.45) is 2.69. The number of alkyl halides is 1. The lowest BCUT2D eigenvalue weighted by Crippen LogP contribution is -2.40. The molecule has 1 N–H and O–H groups in total. The van der Waals surface area contributed by atoms with Crippen LogP contribution in [0, 0.1) is 5.92 Å². The van der Waals surface area contributed by atoms with Crippen LogP contribution in [0.3, 0.4) is 0 Å². The van der Waals surface area contributed by atoms with Crippen LogP contribution < -0.4 is 5.32 Å². The predicted molar refractivity (Wildman–Crippen MR) is 44.9 cm³/mol. The molecule has 2 unspecified atom stereocenters. The summed E-state index contributed by atoms with van der Waals surface area (Å²) in [5.41, 5.74) is -0.972. The predicted octanol–water partition coefficient (Wildman–Crippen LogP) is 1.11. The van der Waals surface area contributed by atoms with Crippen molar-refractivity contribution in [3.8, 4) is 0 Å². The van der Waals surface area contributed by atoms with Gasteiger partial charge in [0.15, 0.2) is 0 Å². The number of hydrogen-bond donors (Lipinski definition) is 1. The molecular weight excluding hydrogens is 157 g/mol. The Hall–Kier alpha value is -0.150. The monoisotopic (exact) mass is 173 g/mol. The lowest BCUT2D eigenvalue weighted by atomic mass is 9.84. The highest BCUT2D eigenvalue weighted by Crippen LogP contribution is 2.34. The van der Waals surface area contributed by atoms with Crippen molar-refractivity contribution in [1.82, 2.24) is 5.32 Å². The Bertz CT molecular complexity index is 151. The van der Waals surface area contributed by atoms with Crippen LogP contribution in [0.1, 0.15) is 19.3 Å². The van der Waals surface area contributed by atoms with Crippen LogP contribution in [-0.4, -0.2) is 32.0 Å².